The van der Waals surface area contributed by atoms with Gasteiger partial charge in [0.25, 0.3) is 5.56 Å². The van der Waals surface area contributed by atoms with Crippen LogP contribution in [0.1, 0.15) is 24.0 Å². The monoisotopic (exact) mass is 418 g/mol. The van der Waals surface area contributed by atoms with Crippen LogP contribution in [-0.4, -0.2) is 40.9 Å². The average molecular weight is 418 g/mol. The number of ketones is 1. The lowest BCUT2D eigenvalue weighted by atomic mass is 9.89. The average Bonchev–Trinajstić information content (AvgIpc) is 2.72. The van der Waals surface area contributed by atoms with Crippen LogP contribution in [-0.2, 0) is 22.6 Å². The van der Waals surface area contributed by atoms with Gasteiger partial charge < -0.3 is 14.2 Å². The molecule has 0 bridgehead atoms. The van der Waals surface area contributed by atoms with Gasteiger partial charge in [-0.25, -0.2) is 0 Å². The summed E-state index contributed by atoms with van der Waals surface area (Å²) in [5.74, 6) is -0.156. The van der Waals surface area contributed by atoms with Crippen molar-refractivity contribution in [2.75, 3.05) is 13.1 Å². The van der Waals surface area contributed by atoms with Crippen molar-refractivity contribution in [2.24, 2.45) is 5.92 Å². The minimum absolute atomic E-state index is 0.00777. The Hall–Kier alpha value is -3.03. The summed E-state index contributed by atoms with van der Waals surface area (Å²) in [6.45, 7) is -0.0910. The van der Waals surface area contributed by atoms with Crippen molar-refractivity contribution < 1.29 is 23.1 Å². The van der Waals surface area contributed by atoms with E-state index in [2.05, 4.69) is 4.74 Å². The largest absolute Gasteiger partial charge is 0.435 e. The molecular formula is C22H24F2N2O4. The second-order valence-electron chi connectivity index (χ2n) is 7.49. The van der Waals surface area contributed by atoms with Crippen LogP contribution < -0.4 is 10.3 Å². The van der Waals surface area contributed by atoms with Gasteiger partial charge in [0.05, 0.1) is 0 Å². The molecule has 0 unspecified atom stereocenters. The number of carbonyl (C=O) groups excluding carboxylic acids is 2. The van der Waals surface area contributed by atoms with Crippen molar-refractivity contribution in [2.45, 2.75) is 39.3 Å². The summed E-state index contributed by atoms with van der Waals surface area (Å²) >= 11 is 0. The van der Waals surface area contributed by atoms with Crippen LogP contribution in [0.25, 0.3) is 0 Å². The minimum Gasteiger partial charge on any atom is -0.435 e. The first-order valence-corrected chi connectivity index (χ1v) is 9.83. The number of pyridine rings is 1. The molecule has 0 saturated carbocycles. The number of nitrogens with zero attached hydrogens (tertiary/aromatic N) is 2. The summed E-state index contributed by atoms with van der Waals surface area (Å²) < 4.78 is 30.1. The summed E-state index contributed by atoms with van der Waals surface area (Å²) in [6, 6.07) is 9.20. The van der Waals surface area contributed by atoms with Crippen molar-refractivity contribution in [3.05, 3.63) is 64.1 Å². The van der Waals surface area contributed by atoms with Gasteiger partial charge in [0.1, 0.15) is 18.1 Å². The molecule has 3 rings (SSSR count). The number of ether oxygens (including phenoxy) is 1. The zero-order chi connectivity index (χ0) is 21.7. The molecule has 1 amide bonds. The molecule has 0 atom stereocenters. The first-order chi connectivity index (χ1) is 14.3. The fraction of sp³-hybridized carbons (Fsp3) is 0.409. The van der Waals surface area contributed by atoms with E-state index in [1.54, 1.807) is 29.3 Å². The van der Waals surface area contributed by atoms with E-state index in [0.717, 1.165) is 11.1 Å². The van der Waals surface area contributed by atoms with Crippen LogP contribution in [0.4, 0.5) is 8.78 Å². The Kier molecular flexibility index (Phi) is 6.97. The fourth-order valence-electron chi connectivity index (χ4n) is 3.61. The van der Waals surface area contributed by atoms with Crippen molar-refractivity contribution in [1.82, 2.24) is 9.47 Å². The Morgan fingerprint density at radius 3 is 2.40 bits per heavy atom. The number of aryl methyl sites for hydroxylation is 1. The van der Waals surface area contributed by atoms with Gasteiger partial charge in [-0.05, 0) is 43.0 Å². The normalized spacial score (nSPS) is 14.7. The fourth-order valence-corrected chi connectivity index (χ4v) is 3.61. The summed E-state index contributed by atoms with van der Waals surface area (Å²) in [5.41, 5.74) is 1.42. The lowest BCUT2D eigenvalue weighted by molar-refractivity contribution is -0.135. The standard InChI is InChI=1S/C22H24F2N2O4/c1-15-2-7-20(28)26(13-15)14-21(29)25-10-8-17(9-11-25)19(27)12-16-3-5-18(6-4-16)30-22(23)24/h2-7,13,17,22H,8-12,14H2,1H3. The van der Waals surface area contributed by atoms with Crippen LogP contribution in [0.3, 0.4) is 0 Å². The van der Waals surface area contributed by atoms with E-state index in [4.69, 9.17) is 0 Å². The molecule has 1 aromatic heterocycles. The molecular weight excluding hydrogens is 394 g/mol. The van der Waals surface area contributed by atoms with Crippen LogP contribution in [0.5, 0.6) is 5.75 Å². The van der Waals surface area contributed by atoms with Crippen LogP contribution >= 0.6 is 0 Å². The molecule has 2 heterocycles. The quantitative estimate of drug-likeness (QED) is 0.694. The van der Waals surface area contributed by atoms with Crippen LogP contribution in [0, 0.1) is 12.8 Å². The van der Waals surface area contributed by atoms with Crippen molar-refractivity contribution >= 4 is 11.7 Å². The predicted octanol–water partition coefficient (Wildman–Crippen LogP) is 2.81. The molecule has 0 N–H and O–H groups in total. The smallest absolute Gasteiger partial charge is 0.387 e. The third-order valence-corrected chi connectivity index (χ3v) is 5.27. The van der Waals surface area contributed by atoms with Gasteiger partial charge in [-0.2, -0.15) is 8.78 Å². The summed E-state index contributed by atoms with van der Waals surface area (Å²) in [6.07, 6.45) is 3.01. The molecule has 0 radical (unpaired) electrons. The first-order valence-electron chi connectivity index (χ1n) is 9.83. The predicted molar refractivity (Wildman–Crippen MR) is 107 cm³/mol. The maximum atomic E-state index is 12.6. The maximum absolute atomic E-state index is 12.6. The Labute approximate surface area is 173 Å². The second kappa shape index (κ2) is 9.65. The molecule has 1 saturated heterocycles. The highest BCUT2D eigenvalue weighted by molar-refractivity contribution is 5.84. The number of rotatable bonds is 7. The molecule has 2 aromatic rings. The van der Waals surface area contributed by atoms with Gasteiger partial charge in [0.2, 0.25) is 5.91 Å². The zero-order valence-corrected chi connectivity index (χ0v) is 16.7. The topological polar surface area (TPSA) is 68.6 Å². The van der Waals surface area contributed by atoms with Crippen molar-refractivity contribution in [3.63, 3.8) is 0 Å². The number of benzene rings is 1. The Morgan fingerprint density at radius 1 is 1.10 bits per heavy atom. The molecule has 1 aromatic carbocycles. The van der Waals surface area contributed by atoms with E-state index in [-0.39, 0.29) is 41.9 Å². The highest BCUT2D eigenvalue weighted by atomic mass is 19.3. The third-order valence-electron chi connectivity index (χ3n) is 5.27. The Morgan fingerprint density at radius 2 is 1.77 bits per heavy atom. The van der Waals surface area contributed by atoms with Gasteiger partial charge in [0.15, 0.2) is 0 Å². The maximum Gasteiger partial charge on any atom is 0.387 e. The van der Waals surface area contributed by atoms with Gasteiger partial charge in [-0.3, -0.25) is 14.4 Å². The summed E-state index contributed by atoms with van der Waals surface area (Å²) in [5, 5.41) is 0. The van der Waals surface area contributed by atoms with E-state index in [0.29, 0.717) is 25.9 Å². The van der Waals surface area contributed by atoms with Gasteiger partial charge in [-0.1, -0.05) is 18.2 Å². The number of alkyl halides is 2. The van der Waals surface area contributed by atoms with Crippen LogP contribution in [0.15, 0.2) is 47.4 Å². The molecule has 1 fully saturated rings. The number of hydrogen-bond acceptors (Lipinski definition) is 4. The second-order valence-corrected chi connectivity index (χ2v) is 7.49. The number of piperidine rings is 1. The number of halogens is 2. The molecule has 1 aliphatic rings. The van der Waals surface area contributed by atoms with Gasteiger partial charge >= 0.3 is 6.61 Å². The van der Waals surface area contributed by atoms with Crippen molar-refractivity contribution in [3.8, 4) is 5.75 Å². The van der Waals surface area contributed by atoms with Gasteiger partial charge in [-0.15, -0.1) is 0 Å². The van der Waals surface area contributed by atoms with E-state index in [1.807, 2.05) is 6.92 Å². The molecule has 0 aliphatic carbocycles. The molecule has 0 spiro atoms. The third kappa shape index (κ3) is 5.75. The molecule has 8 heteroatoms. The van der Waals surface area contributed by atoms with Crippen LogP contribution in [0.2, 0.25) is 0 Å². The Bertz CT molecular complexity index is 948. The number of amides is 1. The highest BCUT2D eigenvalue weighted by Crippen LogP contribution is 2.21. The first kappa shape index (κ1) is 21.7. The zero-order valence-electron chi connectivity index (χ0n) is 16.7. The van der Waals surface area contributed by atoms with E-state index >= 15 is 0 Å². The number of Topliss-reactive ketones (excluding diaryl/α,β-unsaturated/α-hetero) is 1. The van der Waals surface area contributed by atoms with E-state index in [1.165, 1.54) is 22.8 Å². The molecule has 1 aliphatic heterocycles. The van der Waals surface area contributed by atoms with E-state index in [9.17, 15) is 23.2 Å². The lowest BCUT2D eigenvalue weighted by Crippen LogP contribution is -2.43. The number of aromatic nitrogens is 1. The molecule has 160 valence electrons. The number of likely N-dealkylation sites (tertiary alicyclic amines) is 1. The minimum atomic E-state index is -2.88. The highest BCUT2D eigenvalue weighted by Gasteiger charge is 2.27. The molecule has 6 nitrogen and oxygen atoms in total. The SMILES string of the molecule is Cc1ccc(=O)n(CC(=O)N2CCC(C(=O)Cc3ccc(OC(F)F)cc3)CC2)c1. The lowest BCUT2D eigenvalue weighted by Gasteiger charge is -2.31. The summed E-state index contributed by atoms with van der Waals surface area (Å²) in [4.78, 5) is 38.7. The summed E-state index contributed by atoms with van der Waals surface area (Å²) in [7, 11) is 0. The van der Waals surface area contributed by atoms with E-state index < -0.39 is 6.61 Å². The Balaban J connectivity index is 1.49. The van der Waals surface area contributed by atoms with Gasteiger partial charge in [0, 0.05) is 37.7 Å². The number of hydrogen-bond donors (Lipinski definition) is 0. The van der Waals surface area contributed by atoms with Crippen molar-refractivity contribution in [1.29, 1.82) is 0 Å². The molecule has 30 heavy (non-hydrogen) atoms. The number of carbonyl (C=O) groups is 2.